The molecule has 0 saturated heterocycles. The Morgan fingerprint density at radius 1 is 1.07 bits per heavy atom. The maximum atomic E-state index is 12.6. The highest BCUT2D eigenvalue weighted by Crippen LogP contribution is 3.02. The number of hydrogen-bond donors (Lipinski definition) is 2. The van der Waals surface area contributed by atoms with Gasteiger partial charge >= 0.3 is 10.2 Å². The smallest absolute Gasteiger partial charge is 0.310 e. The lowest BCUT2D eigenvalue weighted by Crippen LogP contribution is -2.28. The van der Waals surface area contributed by atoms with E-state index in [-0.39, 0.29) is 54.7 Å². The topological polar surface area (TPSA) is 80.3 Å². The van der Waals surface area contributed by atoms with Crippen LogP contribution in [0.15, 0.2) is 47.5 Å². The van der Waals surface area contributed by atoms with Crippen LogP contribution >= 0.6 is 10.2 Å². The summed E-state index contributed by atoms with van der Waals surface area (Å²) in [5.41, 5.74) is 0.228. The Bertz CT molecular complexity index is 905. The highest BCUT2D eigenvalue weighted by atomic mass is 32.5. The second-order valence-electron chi connectivity index (χ2n) is 5.88. The predicted molar refractivity (Wildman–Crippen MR) is 98.8 cm³/mol. The summed E-state index contributed by atoms with van der Waals surface area (Å²) in [6, 6.07) is 4.86. The number of anilines is 1. The minimum atomic E-state index is -9.71. The monoisotopic (exact) mass is 439 g/mol. The van der Waals surface area contributed by atoms with Crippen molar-refractivity contribution in [2.45, 2.75) is 18.2 Å². The van der Waals surface area contributed by atoms with Crippen molar-refractivity contribution in [1.82, 2.24) is 10.3 Å². The molecular weight excluding hydrogens is 421 g/mol. The van der Waals surface area contributed by atoms with E-state index < -0.39 is 21.0 Å². The van der Waals surface area contributed by atoms with Crippen molar-refractivity contribution >= 4 is 27.9 Å². The van der Waals surface area contributed by atoms with Gasteiger partial charge < -0.3 is 15.4 Å². The fraction of sp³-hybridized carbons (Fsp3) is 0.235. The molecule has 2 aromatic rings. The minimum Gasteiger partial charge on any atom is -0.492 e. The molecule has 2 N–H and O–H groups in total. The standard InChI is InChI=1S/C17H18F5N3O3S/c1-2-16(26)25-15-11-12(7-8-23-15)17(27)24-9-10-28-13-3-5-14(6-4-13)29(18,19,20,21)22/h3-8,11H,2,9-10H2,1H3,(H,24,27)(H,23,25,26). The summed E-state index contributed by atoms with van der Waals surface area (Å²) in [6.45, 7) is 1.56. The molecule has 1 aromatic heterocycles. The molecule has 0 saturated carbocycles. The Balaban J connectivity index is 1.86. The van der Waals surface area contributed by atoms with Crippen molar-refractivity contribution in [1.29, 1.82) is 0 Å². The van der Waals surface area contributed by atoms with E-state index in [1.807, 2.05) is 0 Å². The number of rotatable bonds is 8. The van der Waals surface area contributed by atoms with Gasteiger partial charge in [0.15, 0.2) is 0 Å². The molecule has 0 unspecified atom stereocenters. The first-order valence-electron chi connectivity index (χ1n) is 8.29. The number of halogens is 5. The number of benzene rings is 1. The molecule has 2 amide bonds. The van der Waals surface area contributed by atoms with Crippen molar-refractivity contribution in [3.8, 4) is 5.75 Å². The minimum absolute atomic E-state index is 0.00111. The molecule has 2 rings (SSSR count). The maximum Gasteiger partial charge on any atom is 0.310 e. The van der Waals surface area contributed by atoms with Crippen LogP contribution in [0.3, 0.4) is 0 Å². The molecule has 1 aromatic carbocycles. The van der Waals surface area contributed by atoms with Crippen LogP contribution in [0.2, 0.25) is 0 Å². The van der Waals surface area contributed by atoms with Crippen molar-refractivity contribution in [2.24, 2.45) is 0 Å². The zero-order valence-corrected chi connectivity index (χ0v) is 15.9. The predicted octanol–water partition coefficient (Wildman–Crippen LogP) is 4.90. The molecule has 0 fully saturated rings. The van der Waals surface area contributed by atoms with Crippen LogP contribution in [0.25, 0.3) is 0 Å². The Morgan fingerprint density at radius 2 is 1.72 bits per heavy atom. The molecule has 12 heteroatoms. The molecule has 6 nitrogen and oxygen atoms in total. The van der Waals surface area contributed by atoms with Gasteiger partial charge in [0, 0.05) is 18.2 Å². The summed E-state index contributed by atoms with van der Waals surface area (Å²) in [4.78, 5) is 25.3. The van der Waals surface area contributed by atoms with E-state index in [4.69, 9.17) is 4.74 Å². The SMILES string of the molecule is CCC(=O)Nc1cc(C(=O)NCCOc2ccc(S(F)(F)(F)(F)F)cc2)ccn1. The van der Waals surface area contributed by atoms with Gasteiger partial charge in [-0.3, -0.25) is 9.59 Å². The van der Waals surface area contributed by atoms with Crippen molar-refractivity contribution < 1.29 is 33.8 Å². The fourth-order valence-electron chi connectivity index (χ4n) is 2.10. The van der Waals surface area contributed by atoms with Crippen molar-refractivity contribution in [3.05, 3.63) is 48.2 Å². The lowest BCUT2D eigenvalue weighted by molar-refractivity contribution is -0.115. The van der Waals surface area contributed by atoms with Gasteiger partial charge in [-0.25, -0.2) is 4.98 Å². The highest BCUT2D eigenvalue weighted by Gasteiger charge is 2.65. The largest absolute Gasteiger partial charge is 0.492 e. The van der Waals surface area contributed by atoms with Crippen LogP contribution in [0, 0.1) is 0 Å². The number of aromatic nitrogens is 1. The number of nitrogens with zero attached hydrogens (tertiary/aromatic N) is 1. The molecule has 0 bridgehead atoms. The first-order chi connectivity index (χ1) is 13.3. The molecule has 160 valence electrons. The van der Waals surface area contributed by atoms with Crippen molar-refractivity contribution in [2.75, 3.05) is 18.5 Å². The van der Waals surface area contributed by atoms with Gasteiger partial charge in [0.1, 0.15) is 23.1 Å². The molecule has 0 aliphatic rings. The van der Waals surface area contributed by atoms with Gasteiger partial charge in [-0.05, 0) is 36.4 Å². The second kappa shape index (κ2) is 7.50. The van der Waals surface area contributed by atoms with Crippen molar-refractivity contribution in [3.63, 3.8) is 0 Å². The Morgan fingerprint density at radius 3 is 2.31 bits per heavy atom. The third kappa shape index (κ3) is 6.89. The zero-order chi connectivity index (χ0) is 21.8. The van der Waals surface area contributed by atoms with E-state index in [0.717, 1.165) is 12.1 Å². The maximum absolute atomic E-state index is 12.6. The zero-order valence-electron chi connectivity index (χ0n) is 15.1. The van der Waals surface area contributed by atoms with Crippen LogP contribution in [0.4, 0.5) is 25.2 Å². The Hall–Kier alpha value is -2.89. The lowest BCUT2D eigenvalue weighted by atomic mass is 10.2. The number of hydrogen-bond acceptors (Lipinski definition) is 4. The van der Waals surface area contributed by atoms with E-state index >= 15 is 0 Å². The summed E-state index contributed by atoms with van der Waals surface area (Å²) in [5.74, 6) is -0.595. The third-order valence-electron chi connectivity index (χ3n) is 3.54. The third-order valence-corrected chi connectivity index (χ3v) is 4.70. The summed E-state index contributed by atoms with van der Waals surface area (Å²) in [6.07, 6.45) is 1.59. The number of amides is 2. The molecule has 0 aliphatic carbocycles. The van der Waals surface area contributed by atoms with Gasteiger partial charge in [0.25, 0.3) is 5.91 Å². The van der Waals surface area contributed by atoms with Gasteiger partial charge in [-0.15, -0.1) is 0 Å². The number of nitrogens with one attached hydrogen (secondary N) is 2. The van der Waals surface area contributed by atoms with Crippen LogP contribution in [0.5, 0.6) is 5.75 Å². The highest BCUT2D eigenvalue weighted by molar-refractivity contribution is 8.45. The average Bonchev–Trinajstić information content (AvgIpc) is 2.63. The van der Waals surface area contributed by atoms with Crippen LogP contribution in [-0.2, 0) is 4.79 Å². The van der Waals surface area contributed by atoms with E-state index in [9.17, 15) is 29.0 Å². The number of ether oxygens (including phenoxy) is 1. The van der Waals surface area contributed by atoms with E-state index in [1.165, 1.54) is 18.3 Å². The quantitative estimate of drug-likeness (QED) is 0.453. The molecule has 29 heavy (non-hydrogen) atoms. The summed E-state index contributed by atoms with van der Waals surface area (Å²) < 4.78 is 68.3. The second-order valence-corrected chi connectivity index (χ2v) is 8.29. The molecule has 0 radical (unpaired) electrons. The molecular formula is C17H18F5N3O3S. The molecule has 0 spiro atoms. The average molecular weight is 439 g/mol. The van der Waals surface area contributed by atoms with Gasteiger partial charge in [-0.2, -0.15) is 0 Å². The normalized spacial score (nSPS) is 13.7. The van der Waals surface area contributed by atoms with E-state index in [0.29, 0.717) is 0 Å². The van der Waals surface area contributed by atoms with Crippen LogP contribution in [-0.4, -0.2) is 29.9 Å². The lowest BCUT2D eigenvalue weighted by Gasteiger charge is -2.40. The molecule has 0 aliphatic heterocycles. The Kier molecular flexibility index (Phi) is 5.79. The Labute approximate surface area is 163 Å². The van der Waals surface area contributed by atoms with Crippen LogP contribution < -0.4 is 15.4 Å². The first kappa shape index (κ1) is 22.4. The first-order valence-corrected chi connectivity index (χ1v) is 10.2. The molecule has 0 atom stereocenters. The van der Waals surface area contributed by atoms with Gasteiger partial charge in [-0.1, -0.05) is 26.4 Å². The fourth-order valence-corrected chi connectivity index (χ4v) is 2.75. The van der Waals surface area contributed by atoms with Crippen LogP contribution in [0.1, 0.15) is 23.7 Å². The summed E-state index contributed by atoms with van der Waals surface area (Å²) >= 11 is 0. The van der Waals surface area contributed by atoms with Gasteiger partial charge in [0.05, 0.1) is 6.54 Å². The summed E-state index contributed by atoms with van der Waals surface area (Å²) in [5, 5.41) is 5.02. The van der Waals surface area contributed by atoms with Gasteiger partial charge in [0.2, 0.25) is 5.91 Å². The van der Waals surface area contributed by atoms with E-state index in [2.05, 4.69) is 15.6 Å². The number of carbonyl (C=O) groups excluding carboxylic acids is 2. The van der Waals surface area contributed by atoms with E-state index in [1.54, 1.807) is 6.92 Å². The number of pyridine rings is 1. The summed E-state index contributed by atoms with van der Waals surface area (Å²) in [7, 11) is -9.71. The number of carbonyl (C=O) groups is 2. The molecule has 1 heterocycles.